The molecule has 0 amide bonds. The van der Waals surface area contributed by atoms with Crippen LogP contribution in [0.5, 0.6) is 5.75 Å². The molecule has 0 bridgehead atoms. The highest BCUT2D eigenvalue weighted by Gasteiger charge is 2.30. The number of hydrogen-bond acceptors (Lipinski definition) is 2. The third-order valence-electron chi connectivity index (χ3n) is 4.40. The SMILES string of the molecule is CCCOc1ccccc1C1CCCC1CNCC(C)C. The number of nitrogens with one attached hydrogen (secondary N) is 1. The minimum Gasteiger partial charge on any atom is -0.493 e. The summed E-state index contributed by atoms with van der Waals surface area (Å²) in [5.41, 5.74) is 1.43. The fourth-order valence-electron chi connectivity index (χ4n) is 3.38. The van der Waals surface area contributed by atoms with Crippen molar-refractivity contribution in [2.45, 2.75) is 52.4 Å². The second-order valence-electron chi connectivity index (χ2n) is 6.74. The minimum absolute atomic E-state index is 0.665. The van der Waals surface area contributed by atoms with Crippen molar-refractivity contribution in [3.63, 3.8) is 0 Å². The summed E-state index contributed by atoms with van der Waals surface area (Å²) < 4.78 is 5.97. The third kappa shape index (κ3) is 4.74. The molecule has 2 heteroatoms. The van der Waals surface area contributed by atoms with Crippen LogP contribution >= 0.6 is 0 Å². The second-order valence-corrected chi connectivity index (χ2v) is 6.74. The standard InChI is InChI=1S/C19H31NO/c1-4-12-21-19-11-6-5-9-18(19)17-10-7-8-16(17)14-20-13-15(2)3/h5-6,9,11,15-17,20H,4,7-8,10,12-14H2,1-3H3. The van der Waals surface area contributed by atoms with E-state index in [9.17, 15) is 0 Å². The lowest BCUT2D eigenvalue weighted by Crippen LogP contribution is -2.27. The molecule has 1 aromatic carbocycles. The summed E-state index contributed by atoms with van der Waals surface area (Å²) in [4.78, 5) is 0. The predicted molar refractivity (Wildman–Crippen MR) is 90.0 cm³/mol. The molecule has 21 heavy (non-hydrogen) atoms. The summed E-state index contributed by atoms with van der Waals surface area (Å²) in [5.74, 6) is 3.26. The van der Waals surface area contributed by atoms with Crippen LogP contribution in [0.4, 0.5) is 0 Å². The van der Waals surface area contributed by atoms with Gasteiger partial charge in [0.15, 0.2) is 0 Å². The van der Waals surface area contributed by atoms with Crippen molar-refractivity contribution in [2.75, 3.05) is 19.7 Å². The molecule has 0 aromatic heterocycles. The molecule has 0 spiro atoms. The maximum atomic E-state index is 5.97. The molecular weight excluding hydrogens is 258 g/mol. The number of para-hydroxylation sites is 1. The zero-order valence-electron chi connectivity index (χ0n) is 13.9. The highest BCUT2D eigenvalue weighted by atomic mass is 16.5. The maximum absolute atomic E-state index is 5.97. The lowest BCUT2D eigenvalue weighted by atomic mass is 9.88. The van der Waals surface area contributed by atoms with Crippen molar-refractivity contribution in [1.82, 2.24) is 5.32 Å². The van der Waals surface area contributed by atoms with Gasteiger partial charge < -0.3 is 10.1 Å². The van der Waals surface area contributed by atoms with Gasteiger partial charge in [-0.05, 0) is 61.7 Å². The molecule has 1 saturated carbocycles. The van der Waals surface area contributed by atoms with Crippen molar-refractivity contribution in [1.29, 1.82) is 0 Å². The molecule has 2 rings (SSSR count). The Balaban J connectivity index is 2.01. The van der Waals surface area contributed by atoms with E-state index in [1.807, 2.05) is 0 Å². The molecule has 2 nitrogen and oxygen atoms in total. The lowest BCUT2D eigenvalue weighted by molar-refractivity contribution is 0.308. The molecule has 1 fully saturated rings. The molecule has 0 radical (unpaired) electrons. The molecule has 0 saturated heterocycles. The van der Waals surface area contributed by atoms with E-state index in [4.69, 9.17) is 4.74 Å². The fourth-order valence-corrected chi connectivity index (χ4v) is 3.38. The van der Waals surface area contributed by atoms with E-state index < -0.39 is 0 Å². The first-order valence-corrected chi connectivity index (χ1v) is 8.64. The zero-order valence-corrected chi connectivity index (χ0v) is 13.9. The molecule has 2 unspecified atom stereocenters. The Hall–Kier alpha value is -1.02. The van der Waals surface area contributed by atoms with Crippen LogP contribution in [0.2, 0.25) is 0 Å². The van der Waals surface area contributed by atoms with Gasteiger partial charge in [-0.25, -0.2) is 0 Å². The van der Waals surface area contributed by atoms with Crippen molar-refractivity contribution in [3.8, 4) is 5.75 Å². The van der Waals surface area contributed by atoms with Crippen LogP contribution in [0, 0.1) is 11.8 Å². The van der Waals surface area contributed by atoms with Crippen molar-refractivity contribution in [2.24, 2.45) is 11.8 Å². The normalized spacial score (nSPS) is 21.9. The summed E-state index contributed by atoms with van der Waals surface area (Å²) >= 11 is 0. The van der Waals surface area contributed by atoms with Crippen LogP contribution in [-0.2, 0) is 0 Å². The van der Waals surface area contributed by atoms with E-state index in [1.54, 1.807) is 0 Å². The van der Waals surface area contributed by atoms with Gasteiger partial charge in [-0.15, -0.1) is 0 Å². The van der Waals surface area contributed by atoms with Crippen molar-refractivity contribution >= 4 is 0 Å². The summed E-state index contributed by atoms with van der Waals surface area (Å²) in [5, 5.41) is 3.65. The number of hydrogen-bond donors (Lipinski definition) is 1. The molecular formula is C19H31NO. The largest absolute Gasteiger partial charge is 0.493 e. The van der Waals surface area contributed by atoms with Gasteiger partial charge in [0, 0.05) is 0 Å². The summed E-state index contributed by atoms with van der Waals surface area (Å²) in [6, 6.07) is 8.67. The van der Waals surface area contributed by atoms with E-state index in [0.29, 0.717) is 5.92 Å². The molecule has 1 N–H and O–H groups in total. The van der Waals surface area contributed by atoms with Crippen molar-refractivity contribution in [3.05, 3.63) is 29.8 Å². The van der Waals surface area contributed by atoms with Crippen LogP contribution in [0.3, 0.4) is 0 Å². The first-order chi connectivity index (χ1) is 10.2. The smallest absolute Gasteiger partial charge is 0.122 e. The Kier molecular flexibility index (Phi) is 6.56. The quantitative estimate of drug-likeness (QED) is 0.755. The van der Waals surface area contributed by atoms with Gasteiger partial charge >= 0.3 is 0 Å². The molecule has 0 heterocycles. The van der Waals surface area contributed by atoms with Gasteiger partial charge in [0.05, 0.1) is 6.61 Å². The Bertz CT molecular complexity index is 416. The Morgan fingerprint density at radius 2 is 2.05 bits per heavy atom. The highest BCUT2D eigenvalue weighted by Crippen LogP contribution is 2.42. The van der Waals surface area contributed by atoms with Crippen LogP contribution in [0.15, 0.2) is 24.3 Å². The summed E-state index contributed by atoms with van der Waals surface area (Å²) in [6.45, 7) is 9.79. The molecule has 2 atom stereocenters. The van der Waals surface area contributed by atoms with E-state index in [1.165, 1.54) is 24.8 Å². The average Bonchev–Trinajstić information content (AvgIpc) is 2.93. The predicted octanol–water partition coefficient (Wildman–Crippen LogP) is 4.60. The first-order valence-electron chi connectivity index (χ1n) is 8.64. The van der Waals surface area contributed by atoms with Gasteiger partial charge in [0.1, 0.15) is 5.75 Å². The van der Waals surface area contributed by atoms with Crippen LogP contribution in [0.1, 0.15) is 57.9 Å². The van der Waals surface area contributed by atoms with Gasteiger partial charge in [-0.2, -0.15) is 0 Å². The number of benzene rings is 1. The van der Waals surface area contributed by atoms with Crippen molar-refractivity contribution < 1.29 is 4.74 Å². The molecule has 1 aliphatic carbocycles. The summed E-state index contributed by atoms with van der Waals surface area (Å²) in [6.07, 6.45) is 5.07. The molecule has 0 aliphatic heterocycles. The Morgan fingerprint density at radius 1 is 1.24 bits per heavy atom. The Morgan fingerprint density at radius 3 is 2.81 bits per heavy atom. The number of rotatable bonds is 8. The van der Waals surface area contributed by atoms with Gasteiger partial charge in [0.25, 0.3) is 0 Å². The zero-order chi connectivity index (χ0) is 15.1. The first kappa shape index (κ1) is 16.4. The van der Waals surface area contributed by atoms with Gasteiger partial charge in [-0.1, -0.05) is 45.4 Å². The monoisotopic (exact) mass is 289 g/mol. The lowest BCUT2D eigenvalue weighted by Gasteiger charge is -2.23. The molecule has 118 valence electrons. The highest BCUT2D eigenvalue weighted by molar-refractivity contribution is 5.37. The van der Waals surface area contributed by atoms with E-state index in [2.05, 4.69) is 50.4 Å². The van der Waals surface area contributed by atoms with E-state index in [0.717, 1.165) is 43.7 Å². The van der Waals surface area contributed by atoms with Gasteiger partial charge in [-0.3, -0.25) is 0 Å². The van der Waals surface area contributed by atoms with Gasteiger partial charge in [0.2, 0.25) is 0 Å². The maximum Gasteiger partial charge on any atom is 0.122 e. The third-order valence-corrected chi connectivity index (χ3v) is 4.40. The molecule has 1 aliphatic rings. The summed E-state index contributed by atoms with van der Waals surface area (Å²) in [7, 11) is 0. The Labute approximate surface area is 130 Å². The average molecular weight is 289 g/mol. The fraction of sp³-hybridized carbons (Fsp3) is 0.684. The minimum atomic E-state index is 0.665. The van der Waals surface area contributed by atoms with E-state index in [-0.39, 0.29) is 0 Å². The van der Waals surface area contributed by atoms with E-state index >= 15 is 0 Å². The number of ether oxygens (including phenoxy) is 1. The van der Waals surface area contributed by atoms with Crippen LogP contribution in [0.25, 0.3) is 0 Å². The second kappa shape index (κ2) is 8.43. The molecule has 1 aromatic rings. The van der Waals surface area contributed by atoms with Crippen LogP contribution in [-0.4, -0.2) is 19.7 Å². The van der Waals surface area contributed by atoms with Crippen LogP contribution < -0.4 is 10.1 Å². The topological polar surface area (TPSA) is 21.3 Å².